The van der Waals surface area contributed by atoms with Crippen LogP contribution in [0.25, 0.3) is 6.08 Å². The number of esters is 2. The number of hydrogen-bond donors (Lipinski definition) is 0. The molecule has 1 amide bonds. The Labute approximate surface area is 155 Å². The number of methoxy groups -OCH3 is 1. The van der Waals surface area contributed by atoms with Crippen LogP contribution in [0, 0.1) is 0 Å². The number of benzene rings is 1. The molecule has 6 nitrogen and oxygen atoms in total. The maximum absolute atomic E-state index is 12.4. The summed E-state index contributed by atoms with van der Waals surface area (Å²) in [6.45, 7) is 3.27. The van der Waals surface area contributed by atoms with Gasteiger partial charge in [-0.1, -0.05) is 36.1 Å². The third-order valence-electron chi connectivity index (χ3n) is 3.16. The third kappa shape index (κ3) is 4.90. The Balaban J connectivity index is 2.11. The van der Waals surface area contributed by atoms with Crippen LogP contribution in [0.5, 0.6) is 0 Å². The number of nitrogens with zero attached hydrogens (tertiary/aromatic N) is 1. The van der Waals surface area contributed by atoms with Gasteiger partial charge >= 0.3 is 11.9 Å². The average Bonchev–Trinajstić information content (AvgIpc) is 2.81. The normalized spacial score (nSPS) is 15.8. The van der Waals surface area contributed by atoms with Gasteiger partial charge in [-0.15, -0.1) is 0 Å². The van der Waals surface area contributed by atoms with E-state index >= 15 is 0 Å². The number of amides is 1. The Morgan fingerprint density at radius 2 is 1.92 bits per heavy atom. The summed E-state index contributed by atoms with van der Waals surface area (Å²) in [7, 11) is 1.31. The monoisotopic (exact) mass is 379 g/mol. The predicted molar refractivity (Wildman–Crippen MR) is 98.9 cm³/mol. The first-order valence-electron chi connectivity index (χ1n) is 7.45. The Morgan fingerprint density at radius 3 is 2.48 bits per heavy atom. The van der Waals surface area contributed by atoms with Gasteiger partial charge in [0, 0.05) is 0 Å². The van der Waals surface area contributed by atoms with Crippen LogP contribution in [-0.2, 0) is 19.1 Å². The Bertz CT molecular complexity index is 740. The summed E-state index contributed by atoms with van der Waals surface area (Å²) in [5.41, 5.74) is 1.15. The van der Waals surface area contributed by atoms with Crippen molar-refractivity contribution in [2.24, 2.45) is 0 Å². The predicted octanol–water partition coefficient (Wildman–Crippen LogP) is 2.63. The molecule has 2 rings (SSSR count). The molecule has 0 aromatic heterocycles. The molecule has 0 N–H and O–H groups in total. The first kappa shape index (κ1) is 19.1. The van der Waals surface area contributed by atoms with E-state index in [9.17, 15) is 14.4 Å². The molecule has 1 fully saturated rings. The van der Waals surface area contributed by atoms with Crippen LogP contribution >= 0.6 is 24.0 Å². The molecule has 132 valence electrons. The van der Waals surface area contributed by atoms with E-state index in [0.717, 1.165) is 17.3 Å². The van der Waals surface area contributed by atoms with Gasteiger partial charge in [0.15, 0.2) is 0 Å². The van der Waals surface area contributed by atoms with Gasteiger partial charge in [-0.05, 0) is 37.6 Å². The van der Waals surface area contributed by atoms with Crippen LogP contribution in [0.1, 0.15) is 29.8 Å². The summed E-state index contributed by atoms with van der Waals surface area (Å²) in [5.74, 6) is -1.27. The number of carbonyl (C=O) groups excluding carboxylic acids is 3. The summed E-state index contributed by atoms with van der Waals surface area (Å²) < 4.78 is 9.99. The highest BCUT2D eigenvalue weighted by molar-refractivity contribution is 8.26. The minimum absolute atomic E-state index is 0.207. The summed E-state index contributed by atoms with van der Waals surface area (Å²) in [4.78, 5) is 37.2. The van der Waals surface area contributed by atoms with Crippen molar-refractivity contribution in [3.63, 3.8) is 0 Å². The van der Waals surface area contributed by atoms with E-state index in [4.69, 9.17) is 17.0 Å². The van der Waals surface area contributed by atoms with Crippen molar-refractivity contribution in [1.29, 1.82) is 0 Å². The van der Waals surface area contributed by atoms with E-state index in [1.54, 1.807) is 44.2 Å². The van der Waals surface area contributed by atoms with Gasteiger partial charge in [-0.25, -0.2) is 4.79 Å². The molecule has 1 aliphatic heterocycles. The van der Waals surface area contributed by atoms with E-state index < -0.39 is 11.9 Å². The SMILES string of the molecule is COC(=O)c1ccc(C=C2SC(=S)N(CC(=O)OC(C)C)C2=O)cc1. The van der Waals surface area contributed by atoms with Crippen LogP contribution < -0.4 is 0 Å². The van der Waals surface area contributed by atoms with E-state index in [2.05, 4.69) is 4.74 Å². The maximum Gasteiger partial charge on any atom is 0.337 e. The molecule has 0 aliphatic carbocycles. The van der Waals surface area contributed by atoms with Crippen molar-refractivity contribution < 1.29 is 23.9 Å². The van der Waals surface area contributed by atoms with Gasteiger partial charge < -0.3 is 9.47 Å². The first-order chi connectivity index (χ1) is 11.8. The third-order valence-corrected chi connectivity index (χ3v) is 4.54. The fraction of sp³-hybridized carbons (Fsp3) is 0.294. The quantitative estimate of drug-likeness (QED) is 0.442. The molecule has 1 aromatic carbocycles. The number of ether oxygens (including phenoxy) is 2. The zero-order chi connectivity index (χ0) is 18.6. The van der Waals surface area contributed by atoms with Crippen LogP contribution in [0.15, 0.2) is 29.2 Å². The summed E-state index contributed by atoms with van der Waals surface area (Å²) in [6, 6.07) is 6.62. The lowest BCUT2D eigenvalue weighted by molar-refractivity contribution is -0.149. The number of thiocarbonyl (C=S) groups is 1. The van der Waals surface area contributed by atoms with Gasteiger partial charge in [0.05, 0.1) is 23.7 Å². The highest BCUT2D eigenvalue weighted by Gasteiger charge is 2.33. The zero-order valence-corrected chi connectivity index (χ0v) is 15.6. The van der Waals surface area contributed by atoms with Gasteiger partial charge in [0.1, 0.15) is 10.9 Å². The highest BCUT2D eigenvalue weighted by Crippen LogP contribution is 2.32. The lowest BCUT2D eigenvalue weighted by atomic mass is 10.1. The molecule has 1 aromatic rings. The molecule has 25 heavy (non-hydrogen) atoms. The number of rotatable bonds is 5. The van der Waals surface area contributed by atoms with Crippen LogP contribution in [0.4, 0.5) is 0 Å². The van der Waals surface area contributed by atoms with Crippen LogP contribution in [0.3, 0.4) is 0 Å². The molecular weight excluding hydrogens is 362 g/mol. The standard InChI is InChI=1S/C17H17NO5S2/c1-10(2)23-14(19)9-18-15(20)13(25-17(18)24)8-11-4-6-12(7-5-11)16(21)22-3/h4-8,10H,9H2,1-3H3. The van der Waals surface area contributed by atoms with Crippen molar-refractivity contribution in [1.82, 2.24) is 4.90 Å². The number of thioether (sulfide) groups is 1. The van der Waals surface area contributed by atoms with E-state index in [1.165, 1.54) is 12.0 Å². The van der Waals surface area contributed by atoms with E-state index in [0.29, 0.717) is 14.8 Å². The molecule has 0 spiro atoms. The summed E-state index contributed by atoms with van der Waals surface area (Å²) in [5, 5.41) is 0. The summed E-state index contributed by atoms with van der Waals surface area (Å²) in [6.07, 6.45) is 1.41. The number of carbonyl (C=O) groups is 3. The second-order valence-corrected chi connectivity index (χ2v) is 7.10. The Hall–Kier alpha value is -2.19. The van der Waals surface area contributed by atoms with Crippen molar-refractivity contribution in [3.8, 4) is 0 Å². The van der Waals surface area contributed by atoms with Gasteiger partial charge in [0.25, 0.3) is 5.91 Å². The highest BCUT2D eigenvalue weighted by atomic mass is 32.2. The van der Waals surface area contributed by atoms with Crippen LogP contribution in [0.2, 0.25) is 0 Å². The fourth-order valence-electron chi connectivity index (χ4n) is 2.05. The smallest absolute Gasteiger partial charge is 0.337 e. The molecule has 0 atom stereocenters. The summed E-state index contributed by atoms with van der Waals surface area (Å²) >= 11 is 6.29. The largest absolute Gasteiger partial charge is 0.465 e. The Morgan fingerprint density at radius 1 is 1.28 bits per heavy atom. The van der Waals surface area contributed by atoms with Crippen molar-refractivity contribution in [2.45, 2.75) is 20.0 Å². The number of hydrogen-bond acceptors (Lipinski definition) is 7. The molecule has 0 unspecified atom stereocenters. The molecular formula is C17H17NO5S2. The Kier molecular flexibility index (Phi) is 6.33. The van der Waals surface area contributed by atoms with Crippen molar-refractivity contribution in [2.75, 3.05) is 13.7 Å². The first-order valence-corrected chi connectivity index (χ1v) is 8.67. The molecule has 0 bridgehead atoms. The van der Waals surface area contributed by atoms with Crippen molar-refractivity contribution in [3.05, 3.63) is 40.3 Å². The lowest BCUT2D eigenvalue weighted by Gasteiger charge is -2.14. The molecule has 1 saturated heterocycles. The van der Waals surface area contributed by atoms with E-state index in [1.807, 2.05) is 0 Å². The van der Waals surface area contributed by atoms with E-state index in [-0.39, 0.29) is 18.6 Å². The molecule has 1 aliphatic rings. The van der Waals surface area contributed by atoms with Crippen LogP contribution in [-0.4, -0.2) is 46.8 Å². The van der Waals surface area contributed by atoms with Gasteiger partial charge in [-0.2, -0.15) is 0 Å². The minimum atomic E-state index is -0.505. The van der Waals surface area contributed by atoms with Crippen molar-refractivity contribution >= 4 is 52.2 Å². The maximum atomic E-state index is 12.4. The molecule has 8 heteroatoms. The average molecular weight is 379 g/mol. The van der Waals surface area contributed by atoms with Gasteiger partial charge in [-0.3, -0.25) is 14.5 Å². The zero-order valence-electron chi connectivity index (χ0n) is 14.0. The molecule has 0 radical (unpaired) electrons. The molecule has 0 saturated carbocycles. The molecule has 1 heterocycles. The second-order valence-electron chi connectivity index (χ2n) is 5.42. The topological polar surface area (TPSA) is 72.9 Å². The minimum Gasteiger partial charge on any atom is -0.465 e. The fourth-order valence-corrected chi connectivity index (χ4v) is 3.31. The lowest BCUT2D eigenvalue weighted by Crippen LogP contribution is -2.35. The van der Waals surface area contributed by atoms with Gasteiger partial charge in [0.2, 0.25) is 0 Å². The second kappa shape index (κ2) is 8.26.